The highest BCUT2D eigenvalue weighted by Gasteiger charge is 2.37. The molecule has 0 radical (unpaired) electrons. The highest BCUT2D eigenvalue weighted by atomic mass is 19.4. The SMILES string of the molecule is CCc1cccc(CC)c1-n1nc2c(c1-c1ccc(F)c3[nH]ccc13)CN(c1ncccc1C(F)(F)F)CC2. The van der Waals surface area contributed by atoms with Gasteiger partial charge in [-0.05, 0) is 54.3 Å². The fourth-order valence-electron chi connectivity index (χ4n) is 5.68. The van der Waals surface area contributed by atoms with E-state index >= 15 is 0 Å². The summed E-state index contributed by atoms with van der Waals surface area (Å²) in [5.41, 5.74) is 6.00. The molecule has 0 atom stereocenters. The smallest absolute Gasteiger partial charge is 0.359 e. The first-order valence-corrected chi connectivity index (χ1v) is 13.1. The van der Waals surface area contributed by atoms with Crippen molar-refractivity contribution in [2.45, 2.75) is 45.8 Å². The number of halogens is 4. The Kier molecular flexibility index (Phi) is 6.16. The molecule has 0 fully saturated rings. The lowest BCUT2D eigenvalue weighted by molar-refractivity contribution is -0.137. The van der Waals surface area contributed by atoms with E-state index in [9.17, 15) is 17.6 Å². The van der Waals surface area contributed by atoms with Crippen LogP contribution in [-0.2, 0) is 32.0 Å². The van der Waals surface area contributed by atoms with Gasteiger partial charge in [-0.25, -0.2) is 14.1 Å². The summed E-state index contributed by atoms with van der Waals surface area (Å²) in [5, 5.41) is 5.76. The summed E-state index contributed by atoms with van der Waals surface area (Å²) in [7, 11) is 0. The highest BCUT2D eigenvalue weighted by molar-refractivity contribution is 5.96. The van der Waals surface area contributed by atoms with Crippen LogP contribution < -0.4 is 4.90 Å². The topological polar surface area (TPSA) is 49.7 Å². The highest BCUT2D eigenvalue weighted by Crippen LogP contribution is 2.41. The summed E-state index contributed by atoms with van der Waals surface area (Å²) >= 11 is 0. The Morgan fingerprint density at radius 3 is 2.46 bits per heavy atom. The first-order valence-electron chi connectivity index (χ1n) is 13.1. The number of aromatic nitrogens is 4. The lowest BCUT2D eigenvalue weighted by Gasteiger charge is -2.30. The van der Waals surface area contributed by atoms with E-state index in [1.165, 1.54) is 18.3 Å². The van der Waals surface area contributed by atoms with Gasteiger partial charge in [0.25, 0.3) is 0 Å². The van der Waals surface area contributed by atoms with Crippen LogP contribution in [0.5, 0.6) is 0 Å². The van der Waals surface area contributed by atoms with Crippen molar-refractivity contribution in [3.05, 3.63) is 94.7 Å². The van der Waals surface area contributed by atoms with Gasteiger partial charge in [0.15, 0.2) is 0 Å². The van der Waals surface area contributed by atoms with Crippen LogP contribution in [0, 0.1) is 5.82 Å². The van der Waals surface area contributed by atoms with Gasteiger partial charge >= 0.3 is 6.18 Å². The summed E-state index contributed by atoms with van der Waals surface area (Å²) in [6.45, 7) is 4.72. The maximum atomic E-state index is 14.7. The average molecular weight is 534 g/mol. The molecule has 3 aromatic heterocycles. The number of rotatable bonds is 5. The predicted molar refractivity (Wildman–Crippen MR) is 144 cm³/mol. The molecular formula is C30H27F4N5. The number of aromatic amines is 1. The number of nitrogens with zero attached hydrogens (tertiary/aromatic N) is 4. The fourth-order valence-corrected chi connectivity index (χ4v) is 5.68. The quantitative estimate of drug-likeness (QED) is 0.242. The average Bonchev–Trinajstić information content (AvgIpc) is 3.58. The largest absolute Gasteiger partial charge is 0.419 e. The molecular weight excluding hydrogens is 506 g/mol. The van der Waals surface area contributed by atoms with Crippen molar-refractivity contribution in [1.29, 1.82) is 0 Å². The van der Waals surface area contributed by atoms with Crippen LogP contribution in [0.25, 0.3) is 27.8 Å². The minimum absolute atomic E-state index is 0.0940. The Balaban J connectivity index is 1.61. The number of pyridine rings is 1. The van der Waals surface area contributed by atoms with Crippen molar-refractivity contribution in [3.8, 4) is 16.9 Å². The summed E-state index contributed by atoms with van der Waals surface area (Å²) < 4.78 is 58.3. The standard InChI is InChI=1S/C30H27F4N5/c1-3-18-7-5-8-19(4-2)27(18)39-28(21-10-11-24(31)26-20(21)12-15-35-26)22-17-38(16-13-25(22)37-39)29-23(30(32,33)34)9-6-14-36-29/h5-12,14-15,35H,3-4,13,16-17H2,1-2H3. The van der Waals surface area contributed by atoms with Gasteiger partial charge in [-0.2, -0.15) is 18.3 Å². The number of anilines is 1. The van der Waals surface area contributed by atoms with Gasteiger partial charge in [0, 0.05) is 48.4 Å². The normalized spacial score (nSPS) is 13.7. The van der Waals surface area contributed by atoms with Crippen LogP contribution in [-0.4, -0.2) is 26.3 Å². The second-order valence-corrected chi connectivity index (χ2v) is 9.72. The van der Waals surface area contributed by atoms with Crippen molar-refractivity contribution in [3.63, 3.8) is 0 Å². The Labute approximate surface area is 223 Å². The molecule has 0 bridgehead atoms. The molecule has 1 aliphatic rings. The molecule has 1 N–H and O–H groups in total. The molecule has 39 heavy (non-hydrogen) atoms. The molecule has 5 nitrogen and oxygen atoms in total. The summed E-state index contributed by atoms with van der Waals surface area (Å²) in [6.07, 6.45) is 0.574. The molecule has 200 valence electrons. The lowest BCUT2D eigenvalue weighted by Crippen LogP contribution is -2.32. The third-order valence-corrected chi connectivity index (χ3v) is 7.53. The molecule has 0 saturated heterocycles. The van der Waals surface area contributed by atoms with Crippen LogP contribution in [0.1, 0.15) is 41.8 Å². The van der Waals surface area contributed by atoms with E-state index in [1.54, 1.807) is 17.2 Å². The van der Waals surface area contributed by atoms with E-state index in [2.05, 4.69) is 35.9 Å². The number of para-hydroxylation sites is 1. The molecule has 0 unspecified atom stereocenters. The van der Waals surface area contributed by atoms with Gasteiger partial charge < -0.3 is 9.88 Å². The van der Waals surface area contributed by atoms with Crippen LogP contribution in [0.4, 0.5) is 23.4 Å². The monoisotopic (exact) mass is 533 g/mol. The molecule has 0 amide bonds. The molecule has 2 aromatic carbocycles. The zero-order chi connectivity index (χ0) is 27.3. The van der Waals surface area contributed by atoms with Crippen LogP contribution in [0.3, 0.4) is 0 Å². The zero-order valence-corrected chi connectivity index (χ0v) is 21.6. The Bertz CT molecular complexity index is 1660. The minimum atomic E-state index is -4.53. The number of hydrogen-bond acceptors (Lipinski definition) is 3. The third kappa shape index (κ3) is 4.16. The Morgan fingerprint density at radius 2 is 1.74 bits per heavy atom. The van der Waals surface area contributed by atoms with Gasteiger partial charge in [0.2, 0.25) is 0 Å². The summed E-state index contributed by atoms with van der Waals surface area (Å²) in [4.78, 5) is 8.80. The van der Waals surface area contributed by atoms with E-state index in [0.717, 1.165) is 58.2 Å². The maximum absolute atomic E-state index is 14.7. The van der Waals surface area contributed by atoms with Crippen molar-refractivity contribution >= 4 is 16.7 Å². The van der Waals surface area contributed by atoms with Gasteiger partial charge in [-0.15, -0.1) is 0 Å². The van der Waals surface area contributed by atoms with Gasteiger partial charge in [-0.3, -0.25) is 0 Å². The van der Waals surface area contributed by atoms with Gasteiger partial charge in [0.05, 0.1) is 28.2 Å². The van der Waals surface area contributed by atoms with E-state index in [-0.39, 0.29) is 18.2 Å². The van der Waals surface area contributed by atoms with Gasteiger partial charge in [0.1, 0.15) is 11.6 Å². The summed E-state index contributed by atoms with van der Waals surface area (Å²) in [6, 6.07) is 13.5. The van der Waals surface area contributed by atoms with Crippen molar-refractivity contribution in [2.24, 2.45) is 0 Å². The molecule has 6 rings (SSSR count). The third-order valence-electron chi connectivity index (χ3n) is 7.53. The van der Waals surface area contributed by atoms with E-state index in [0.29, 0.717) is 23.9 Å². The minimum Gasteiger partial charge on any atom is -0.359 e. The van der Waals surface area contributed by atoms with Crippen molar-refractivity contribution in [2.75, 3.05) is 11.4 Å². The first-order chi connectivity index (χ1) is 18.8. The number of aryl methyl sites for hydroxylation is 2. The van der Waals surface area contributed by atoms with E-state index in [4.69, 9.17) is 5.10 Å². The number of alkyl halides is 3. The second-order valence-electron chi connectivity index (χ2n) is 9.72. The zero-order valence-electron chi connectivity index (χ0n) is 21.6. The van der Waals surface area contributed by atoms with E-state index in [1.807, 2.05) is 16.8 Å². The lowest BCUT2D eigenvalue weighted by atomic mass is 9.97. The molecule has 5 aromatic rings. The van der Waals surface area contributed by atoms with E-state index < -0.39 is 11.7 Å². The molecule has 9 heteroatoms. The fraction of sp³-hybridized carbons (Fsp3) is 0.267. The molecule has 1 aliphatic heterocycles. The number of nitrogens with one attached hydrogen (secondary N) is 1. The van der Waals surface area contributed by atoms with Crippen LogP contribution >= 0.6 is 0 Å². The number of hydrogen-bond donors (Lipinski definition) is 1. The molecule has 0 saturated carbocycles. The van der Waals surface area contributed by atoms with Crippen molar-refractivity contribution < 1.29 is 17.6 Å². The number of benzene rings is 2. The maximum Gasteiger partial charge on any atom is 0.419 e. The molecule has 0 aliphatic carbocycles. The second kappa shape index (κ2) is 9.55. The van der Waals surface area contributed by atoms with Crippen LogP contribution in [0.2, 0.25) is 0 Å². The number of H-pyrrole nitrogens is 1. The van der Waals surface area contributed by atoms with Gasteiger partial charge in [-0.1, -0.05) is 32.0 Å². The number of fused-ring (bicyclic) bond motifs is 2. The van der Waals surface area contributed by atoms with Crippen molar-refractivity contribution in [1.82, 2.24) is 19.7 Å². The predicted octanol–water partition coefficient (Wildman–Crippen LogP) is 7.26. The molecule has 0 spiro atoms. The summed E-state index contributed by atoms with van der Waals surface area (Å²) in [5.74, 6) is -0.463. The Morgan fingerprint density at radius 1 is 0.974 bits per heavy atom. The Hall–Kier alpha value is -4.14. The van der Waals surface area contributed by atoms with Crippen LogP contribution in [0.15, 0.2) is 60.9 Å². The molecule has 4 heterocycles. The first kappa shape index (κ1) is 25.2.